The van der Waals surface area contributed by atoms with Crippen LogP contribution in [0, 0.1) is 0 Å². The van der Waals surface area contributed by atoms with Crippen LogP contribution in [0.3, 0.4) is 0 Å². The van der Waals surface area contributed by atoms with Gasteiger partial charge in [0.05, 0.1) is 26.9 Å². The highest BCUT2D eigenvalue weighted by Crippen LogP contribution is 2.30. The number of carbonyl (C=O) groups excluding carboxylic acids is 1. The Kier molecular flexibility index (Phi) is 8.02. The van der Waals surface area contributed by atoms with Crippen molar-refractivity contribution in [1.29, 1.82) is 0 Å². The van der Waals surface area contributed by atoms with Crippen LogP contribution in [0.15, 0.2) is 77.7 Å². The Morgan fingerprint density at radius 1 is 0.971 bits per heavy atom. The third kappa shape index (κ3) is 5.82. The first-order valence-corrected chi connectivity index (χ1v) is 12.8. The van der Waals surface area contributed by atoms with Gasteiger partial charge < -0.3 is 19.5 Å². The van der Waals surface area contributed by atoms with E-state index in [-0.39, 0.29) is 42.4 Å². The maximum absolute atomic E-state index is 13.1. The van der Waals surface area contributed by atoms with Crippen LogP contribution in [0.25, 0.3) is 11.1 Å². The molecular formula is C26H28N2O6S. The van der Waals surface area contributed by atoms with Gasteiger partial charge in [-0.15, -0.1) is 0 Å². The normalized spacial score (nSPS) is 14.3. The van der Waals surface area contributed by atoms with E-state index >= 15 is 0 Å². The van der Waals surface area contributed by atoms with Gasteiger partial charge in [0.25, 0.3) is 5.91 Å². The molecule has 0 bridgehead atoms. The van der Waals surface area contributed by atoms with Crippen LogP contribution in [0.2, 0.25) is 0 Å². The molecule has 4 rings (SSSR count). The van der Waals surface area contributed by atoms with Crippen molar-refractivity contribution in [3.63, 3.8) is 0 Å². The van der Waals surface area contributed by atoms with E-state index in [4.69, 9.17) is 14.2 Å². The van der Waals surface area contributed by atoms with Crippen molar-refractivity contribution in [3.05, 3.63) is 78.4 Å². The van der Waals surface area contributed by atoms with E-state index in [1.165, 1.54) is 29.6 Å². The standard InChI is InChI=1S/C26H28N2O6S/c1-32-24-12-11-21(19-25(24)35(30,31)28-14-17-33-18-15-28)26(29)27-13-16-34-23-10-6-5-9-22(23)20-7-3-2-4-8-20/h2-12,19H,13-18H2,1H3,(H,27,29). The fourth-order valence-corrected chi connectivity index (χ4v) is 5.41. The summed E-state index contributed by atoms with van der Waals surface area (Å²) in [6.45, 7) is 1.67. The number of nitrogens with zero attached hydrogens (tertiary/aromatic N) is 1. The molecule has 8 nitrogen and oxygen atoms in total. The lowest BCUT2D eigenvalue weighted by molar-refractivity contribution is 0.0729. The van der Waals surface area contributed by atoms with Gasteiger partial charge in [0.15, 0.2) is 0 Å². The van der Waals surface area contributed by atoms with Crippen LogP contribution in [-0.4, -0.2) is 65.2 Å². The number of sulfonamides is 1. The lowest BCUT2D eigenvalue weighted by Crippen LogP contribution is -2.40. The van der Waals surface area contributed by atoms with Crippen LogP contribution < -0.4 is 14.8 Å². The van der Waals surface area contributed by atoms with Crippen molar-refractivity contribution in [2.75, 3.05) is 46.6 Å². The quantitative estimate of drug-likeness (QED) is 0.458. The molecular weight excluding hydrogens is 468 g/mol. The van der Waals surface area contributed by atoms with Crippen molar-refractivity contribution in [2.24, 2.45) is 0 Å². The average Bonchev–Trinajstić information content (AvgIpc) is 2.91. The molecule has 3 aromatic carbocycles. The first kappa shape index (κ1) is 24.7. The molecule has 9 heteroatoms. The zero-order valence-corrected chi connectivity index (χ0v) is 20.3. The topological polar surface area (TPSA) is 94.2 Å². The molecule has 1 heterocycles. The van der Waals surface area contributed by atoms with E-state index in [2.05, 4.69) is 5.32 Å². The molecule has 0 aliphatic carbocycles. The number of ether oxygens (including phenoxy) is 3. The monoisotopic (exact) mass is 496 g/mol. The van der Waals surface area contributed by atoms with Gasteiger partial charge in [0, 0.05) is 24.2 Å². The zero-order valence-electron chi connectivity index (χ0n) is 19.5. The van der Waals surface area contributed by atoms with Gasteiger partial charge in [-0.1, -0.05) is 48.5 Å². The lowest BCUT2D eigenvalue weighted by Gasteiger charge is -2.26. The van der Waals surface area contributed by atoms with Gasteiger partial charge in [0.2, 0.25) is 10.0 Å². The van der Waals surface area contributed by atoms with Crippen molar-refractivity contribution in [1.82, 2.24) is 9.62 Å². The van der Waals surface area contributed by atoms with E-state index in [0.29, 0.717) is 13.2 Å². The SMILES string of the molecule is COc1ccc(C(=O)NCCOc2ccccc2-c2ccccc2)cc1S(=O)(=O)N1CCOCC1. The summed E-state index contributed by atoms with van der Waals surface area (Å²) in [5.74, 6) is 0.510. The van der Waals surface area contributed by atoms with E-state index in [9.17, 15) is 13.2 Å². The summed E-state index contributed by atoms with van der Waals surface area (Å²) >= 11 is 0. The fourth-order valence-electron chi connectivity index (χ4n) is 3.82. The highest BCUT2D eigenvalue weighted by Gasteiger charge is 2.30. The Labute approximate surface area is 205 Å². The van der Waals surface area contributed by atoms with Crippen molar-refractivity contribution in [3.8, 4) is 22.6 Å². The molecule has 0 unspecified atom stereocenters. The molecule has 1 saturated heterocycles. The predicted octanol–water partition coefficient (Wildman–Crippen LogP) is 3.19. The Hall–Kier alpha value is -3.40. The minimum atomic E-state index is -3.83. The smallest absolute Gasteiger partial charge is 0.251 e. The van der Waals surface area contributed by atoms with Crippen LogP contribution in [0.5, 0.6) is 11.5 Å². The van der Waals surface area contributed by atoms with Gasteiger partial charge in [-0.05, 0) is 29.8 Å². The van der Waals surface area contributed by atoms with Crippen molar-refractivity contribution in [2.45, 2.75) is 4.90 Å². The van der Waals surface area contributed by atoms with Crippen LogP contribution in [0.1, 0.15) is 10.4 Å². The molecule has 184 valence electrons. The van der Waals surface area contributed by atoms with Gasteiger partial charge in [-0.3, -0.25) is 4.79 Å². The van der Waals surface area contributed by atoms with E-state index in [1.54, 1.807) is 0 Å². The summed E-state index contributed by atoms with van der Waals surface area (Å²) in [5, 5.41) is 2.79. The third-order valence-corrected chi connectivity index (χ3v) is 7.55. The van der Waals surface area contributed by atoms with Gasteiger partial charge in [-0.25, -0.2) is 8.42 Å². The van der Waals surface area contributed by atoms with Gasteiger partial charge in [-0.2, -0.15) is 4.31 Å². The van der Waals surface area contributed by atoms with Crippen molar-refractivity contribution < 1.29 is 27.4 Å². The summed E-state index contributed by atoms with van der Waals surface area (Å²) in [5.41, 5.74) is 2.23. The number of nitrogens with one attached hydrogen (secondary N) is 1. The summed E-state index contributed by atoms with van der Waals surface area (Å²) in [6, 6.07) is 22.0. The molecule has 1 aliphatic heterocycles. The molecule has 1 aliphatic rings. The number of para-hydroxylation sites is 1. The molecule has 1 N–H and O–H groups in total. The van der Waals surface area contributed by atoms with E-state index < -0.39 is 15.9 Å². The largest absolute Gasteiger partial charge is 0.495 e. The second kappa shape index (κ2) is 11.4. The molecule has 0 spiro atoms. The summed E-state index contributed by atoms with van der Waals surface area (Å²) in [4.78, 5) is 12.7. The van der Waals surface area contributed by atoms with E-state index in [1.807, 2.05) is 54.6 Å². The molecule has 0 radical (unpaired) electrons. The molecule has 3 aromatic rings. The Balaban J connectivity index is 1.41. The zero-order chi connectivity index (χ0) is 24.7. The number of hydrogen-bond donors (Lipinski definition) is 1. The first-order valence-electron chi connectivity index (χ1n) is 11.3. The molecule has 0 aromatic heterocycles. The van der Waals surface area contributed by atoms with Crippen LogP contribution in [-0.2, 0) is 14.8 Å². The number of carbonyl (C=O) groups is 1. The number of hydrogen-bond acceptors (Lipinski definition) is 6. The second-order valence-corrected chi connectivity index (χ2v) is 9.76. The maximum Gasteiger partial charge on any atom is 0.251 e. The maximum atomic E-state index is 13.1. The van der Waals surface area contributed by atoms with Gasteiger partial charge in [0.1, 0.15) is 23.0 Å². The van der Waals surface area contributed by atoms with Crippen LogP contribution in [0.4, 0.5) is 0 Å². The number of amides is 1. The van der Waals surface area contributed by atoms with Gasteiger partial charge >= 0.3 is 0 Å². The third-order valence-electron chi connectivity index (χ3n) is 5.63. The Morgan fingerprint density at radius 3 is 2.43 bits per heavy atom. The van der Waals surface area contributed by atoms with Crippen molar-refractivity contribution >= 4 is 15.9 Å². The summed E-state index contributed by atoms with van der Waals surface area (Å²) in [7, 11) is -2.43. The molecule has 35 heavy (non-hydrogen) atoms. The molecule has 0 saturated carbocycles. The highest BCUT2D eigenvalue weighted by atomic mass is 32.2. The lowest BCUT2D eigenvalue weighted by atomic mass is 10.1. The first-order chi connectivity index (χ1) is 17.0. The fraction of sp³-hybridized carbons (Fsp3) is 0.269. The van der Waals surface area contributed by atoms with Crippen LogP contribution >= 0.6 is 0 Å². The minimum Gasteiger partial charge on any atom is -0.495 e. The molecule has 1 fully saturated rings. The minimum absolute atomic E-state index is 0.0393. The summed E-state index contributed by atoms with van der Waals surface area (Å²) < 4.78 is 44.1. The van der Waals surface area contributed by atoms with E-state index in [0.717, 1.165) is 16.9 Å². The number of morpholine rings is 1. The second-order valence-electron chi connectivity index (χ2n) is 7.85. The average molecular weight is 497 g/mol. The number of methoxy groups -OCH3 is 1. The molecule has 1 amide bonds. The summed E-state index contributed by atoms with van der Waals surface area (Å²) in [6.07, 6.45) is 0. The molecule has 0 atom stereocenters. The predicted molar refractivity (Wildman–Crippen MR) is 132 cm³/mol. The number of rotatable bonds is 9. The number of benzene rings is 3. The Bertz CT molecular complexity index is 1260. The highest BCUT2D eigenvalue weighted by molar-refractivity contribution is 7.89. The Morgan fingerprint density at radius 2 is 1.69 bits per heavy atom.